The Bertz CT molecular complexity index is 821. The number of aryl methyl sites for hydroxylation is 1. The van der Waals surface area contributed by atoms with E-state index in [1.807, 2.05) is 18.2 Å². The van der Waals surface area contributed by atoms with Gasteiger partial charge in [-0.05, 0) is 48.7 Å². The van der Waals surface area contributed by atoms with Gasteiger partial charge in [-0.15, -0.1) is 0 Å². The Morgan fingerprint density at radius 2 is 1.75 bits per heavy atom. The number of nitrogens with one attached hydrogen (secondary N) is 1. The highest BCUT2D eigenvalue weighted by Crippen LogP contribution is 2.27. The summed E-state index contributed by atoms with van der Waals surface area (Å²) in [5.41, 5.74) is 1.66. The molecule has 0 heterocycles. The minimum atomic E-state index is -3.55. The highest BCUT2D eigenvalue weighted by atomic mass is 79.9. The van der Waals surface area contributed by atoms with Gasteiger partial charge < -0.3 is 9.47 Å². The van der Waals surface area contributed by atoms with Gasteiger partial charge in [0.15, 0.2) is 11.5 Å². The molecule has 2 aromatic rings. The Labute approximate surface area is 151 Å². The predicted octanol–water partition coefficient (Wildman–Crippen LogP) is 3.30. The van der Waals surface area contributed by atoms with Gasteiger partial charge in [-0.1, -0.05) is 28.1 Å². The fourth-order valence-electron chi connectivity index (χ4n) is 2.31. The molecule has 0 fully saturated rings. The molecule has 0 amide bonds. The number of ether oxygens (including phenoxy) is 2. The van der Waals surface area contributed by atoms with Crippen LogP contribution in [0.3, 0.4) is 0 Å². The number of benzene rings is 2. The van der Waals surface area contributed by atoms with Gasteiger partial charge >= 0.3 is 0 Å². The summed E-state index contributed by atoms with van der Waals surface area (Å²) in [6.07, 6.45) is 0.548. The number of rotatable bonds is 7. The summed E-state index contributed by atoms with van der Waals surface area (Å²) < 4.78 is 38.7. The lowest BCUT2D eigenvalue weighted by atomic mass is 10.1. The molecule has 0 aliphatic heterocycles. The topological polar surface area (TPSA) is 64.6 Å². The maximum atomic E-state index is 12.4. The molecule has 0 aliphatic carbocycles. The molecule has 0 aromatic heterocycles. The quantitative estimate of drug-likeness (QED) is 0.755. The SMILES string of the molecule is COc1ccc(CCNS(=O)(=O)c2cc(Br)ccc2C)cc1OC. The van der Waals surface area contributed by atoms with Crippen LogP contribution in [0.5, 0.6) is 11.5 Å². The molecule has 0 saturated heterocycles. The van der Waals surface area contributed by atoms with Crippen LogP contribution in [-0.2, 0) is 16.4 Å². The summed E-state index contributed by atoms with van der Waals surface area (Å²) in [5, 5.41) is 0. The summed E-state index contributed by atoms with van der Waals surface area (Å²) in [5.74, 6) is 1.27. The van der Waals surface area contributed by atoms with Crippen LogP contribution in [0.15, 0.2) is 45.8 Å². The van der Waals surface area contributed by atoms with Crippen LogP contribution in [-0.4, -0.2) is 29.2 Å². The molecular formula is C17H20BrNO4S. The molecule has 2 aromatic carbocycles. The predicted molar refractivity (Wildman–Crippen MR) is 97.3 cm³/mol. The van der Waals surface area contributed by atoms with E-state index in [9.17, 15) is 8.42 Å². The second kappa shape index (κ2) is 8.00. The largest absolute Gasteiger partial charge is 0.493 e. The lowest BCUT2D eigenvalue weighted by molar-refractivity contribution is 0.354. The fourth-order valence-corrected chi connectivity index (χ4v) is 4.12. The molecule has 0 radical (unpaired) electrons. The van der Waals surface area contributed by atoms with Crippen molar-refractivity contribution in [3.63, 3.8) is 0 Å². The smallest absolute Gasteiger partial charge is 0.240 e. The third kappa shape index (κ3) is 4.49. The summed E-state index contributed by atoms with van der Waals surface area (Å²) in [7, 11) is -0.403. The standard InChI is InChI=1S/C17H20BrNO4S/c1-12-4-6-14(18)11-17(12)24(20,21)19-9-8-13-5-7-15(22-2)16(10-13)23-3/h4-7,10-11,19H,8-9H2,1-3H3. The third-order valence-corrected chi connectivity index (χ3v) is 5.69. The number of methoxy groups -OCH3 is 2. The lowest BCUT2D eigenvalue weighted by Gasteiger charge is -2.11. The van der Waals surface area contributed by atoms with Crippen LogP contribution in [0.2, 0.25) is 0 Å². The number of hydrogen-bond donors (Lipinski definition) is 1. The van der Waals surface area contributed by atoms with Crippen LogP contribution in [0.1, 0.15) is 11.1 Å². The molecule has 0 saturated carbocycles. The zero-order chi connectivity index (χ0) is 17.7. The molecular weight excluding hydrogens is 394 g/mol. The van der Waals surface area contributed by atoms with E-state index in [1.165, 1.54) is 0 Å². The second-order valence-electron chi connectivity index (χ2n) is 5.25. The van der Waals surface area contributed by atoms with Gasteiger partial charge in [-0.2, -0.15) is 0 Å². The Kier molecular flexibility index (Phi) is 6.26. The summed E-state index contributed by atoms with van der Waals surface area (Å²) in [6.45, 7) is 2.07. The lowest BCUT2D eigenvalue weighted by Crippen LogP contribution is -2.26. The first-order valence-corrected chi connectivity index (χ1v) is 9.61. The molecule has 0 aliphatic rings. The Morgan fingerprint density at radius 3 is 2.42 bits per heavy atom. The van der Waals surface area contributed by atoms with Crippen LogP contribution in [0.25, 0.3) is 0 Å². The van der Waals surface area contributed by atoms with Gasteiger partial charge in [0.05, 0.1) is 19.1 Å². The first-order chi connectivity index (χ1) is 11.4. The van der Waals surface area contributed by atoms with E-state index < -0.39 is 10.0 Å². The number of halogens is 1. The monoisotopic (exact) mass is 413 g/mol. The molecule has 1 N–H and O–H groups in total. The average Bonchev–Trinajstić information content (AvgIpc) is 2.56. The summed E-state index contributed by atoms with van der Waals surface area (Å²) in [6, 6.07) is 10.7. The van der Waals surface area contributed by atoms with E-state index in [2.05, 4.69) is 20.7 Å². The molecule has 0 atom stereocenters. The average molecular weight is 414 g/mol. The molecule has 2 rings (SSSR count). The van der Waals surface area contributed by atoms with E-state index in [0.29, 0.717) is 30.0 Å². The maximum Gasteiger partial charge on any atom is 0.240 e. The first-order valence-electron chi connectivity index (χ1n) is 7.34. The van der Waals surface area contributed by atoms with Crippen molar-refractivity contribution in [1.29, 1.82) is 0 Å². The Hall–Kier alpha value is -1.57. The van der Waals surface area contributed by atoms with Crippen LogP contribution < -0.4 is 14.2 Å². The van der Waals surface area contributed by atoms with Gasteiger partial charge in [0.2, 0.25) is 10.0 Å². The van der Waals surface area contributed by atoms with E-state index >= 15 is 0 Å². The third-order valence-electron chi connectivity index (χ3n) is 3.59. The van der Waals surface area contributed by atoms with Gasteiger partial charge in [0.25, 0.3) is 0 Å². The van der Waals surface area contributed by atoms with Crippen molar-refractivity contribution in [2.45, 2.75) is 18.2 Å². The highest BCUT2D eigenvalue weighted by molar-refractivity contribution is 9.10. The molecule has 130 valence electrons. The van der Waals surface area contributed by atoms with E-state index in [0.717, 1.165) is 10.0 Å². The summed E-state index contributed by atoms with van der Waals surface area (Å²) >= 11 is 3.31. The molecule has 0 bridgehead atoms. The van der Waals surface area contributed by atoms with Gasteiger partial charge in [0.1, 0.15) is 0 Å². The zero-order valence-corrected chi connectivity index (χ0v) is 16.2. The van der Waals surface area contributed by atoms with Gasteiger partial charge in [-0.25, -0.2) is 13.1 Å². The molecule has 0 spiro atoms. The minimum Gasteiger partial charge on any atom is -0.493 e. The van der Waals surface area contributed by atoms with Gasteiger partial charge in [-0.3, -0.25) is 0 Å². The number of hydrogen-bond acceptors (Lipinski definition) is 4. The van der Waals surface area contributed by atoms with E-state index in [4.69, 9.17) is 9.47 Å². The Balaban J connectivity index is 2.07. The molecule has 5 nitrogen and oxygen atoms in total. The fraction of sp³-hybridized carbons (Fsp3) is 0.294. The van der Waals surface area contributed by atoms with Crippen LogP contribution in [0.4, 0.5) is 0 Å². The molecule has 0 unspecified atom stereocenters. The van der Waals surface area contributed by atoms with Crippen molar-refractivity contribution in [2.75, 3.05) is 20.8 Å². The van der Waals surface area contributed by atoms with Crippen molar-refractivity contribution >= 4 is 26.0 Å². The van der Waals surface area contributed by atoms with Crippen LogP contribution >= 0.6 is 15.9 Å². The zero-order valence-electron chi connectivity index (χ0n) is 13.8. The van der Waals surface area contributed by atoms with Crippen molar-refractivity contribution in [2.24, 2.45) is 0 Å². The number of sulfonamides is 1. The van der Waals surface area contributed by atoms with E-state index in [1.54, 1.807) is 39.3 Å². The molecule has 7 heteroatoms. The van der Waals surface area contributed by atoms with Crippen molar-refractivity contribution in [3.8, 4) is 11.5 Å². The van der Waals surface area contributed by atoms with Crippen LogP contribution in [0, 0.1) is 6.92 Å². The second-order valence-corrected chi connectivity index (χ2v) is 7.90. The van der Waals surface area contributed by atoms with Gasteiger partial charge in [0, 0.05) is 11.0 Å². The van der Waals surface area contributed by atoms with Crippen molar-refractivity contribution in [3.05, 3.63) is 52.0 Å². The highest BCUT2D eigenvalue weighted by Gasteiger charge is 2.16. The van der Waals surface area contributed by atoms with Crippen molar-refractivity contribution in [1.82, 2.24) is 4.72 Å². The summed E-state index contributed by atoms with van der Waals surface area (Å²) in [4.78, 5) is 0.282. The normalized spacial score (nSPS) is 11.3. The Morgan fingerprint density at radius 1 is 1.04 bits per heavy atom. The first kappa shape index (κ1) is 18.8. The maximum absolute atomic E-state index is 12.4. The van der Waals surface area contributed by atoms with E-state index in [-0.39, 0.29) is 4.90 Å². The van der Waals surface area contributed by atoms with Crippen molar-refractivity contribution < 1.29 is 17.9 Å². The molecule has 24 heavy (non-hydrogen) atoms. The minimum absolute atomic E-state index is 0.282.